The van der Waals surface area contributed by atoms with Gasteiger partial charge in [0.25, 0.3) is 0 Å². The Morgan fingerprint density at radius 3 is 1.62 bits per heavy atom. The zero-order chi connectivity index (χ0) is 9.95. The van der Waals surface area contributed by atoms with E-state index < -0.39 is 14.7 Å². The molecule has 78 valence electrons. The Morgan fingerprint density at radius 2 is 1.31 bits per heavy atom. The van der Waals surface area contributed by atoms with Crippen molar-refractivity contribution in [3.8, 4) is 0 Å². The second-order valence-corrected chi connectivity index (χ2v) is 9.30. The summed E-state index contributed by atoms with van der Waals surface area (Å²) in [6, 6.07) is 0. The maximum atomic E-state index is 11.9. The van der Waals surface area contributed by atoms with Crippen LogP contribution in [0.2, 0.25) is 0 Å². The maximum absolute atomic E-state index is 11.9. The van der Waals surface area contributed by atoms with E-state index in [1.165, 1.54) is 14.2 Å². The standard InChI is InChI=1S/C7H16O4P2/c1-10-12(8)5-3-4-6-13(9,7-12)11-2/h3-7H2,1-2H3. The molecule has 1 aliphatic heterocycles. The minimum Gasteiger partial charge on any atom is -0.331 e. The smallest absolute Gasteiger partial charge is 0.212 e. The van der Waals surface area contributed by atoms with E-state index in [0.29, 0.717) is 12.3 Å². The van der Waals surface area contributed by atoms with Crippen molar-refractivity contribution in [1.82, 2.24) is 0 Å². The predicted octanol–water partition coefficient (Wildman–Crippen LogP) is 2.59. The fraction of sp³-hybridized carbons (Fsp3) is 1.00. The average molecular weight is 226 g/mol. The van der Waals surface area contributed by atoms with Gasteiger partial charge < -0.3 is 9.05 Å². The van der Waals surface area contributed by atoms with Crippen molar-refractivity contribution in [3.63, 3.8) is 0 Å². The molecule has 1 saturated heterocycles. The van der Waals surface area contributed by atoms with E-state index >= 15 is 0 Å². The molecule has 0 N–H and O–H groups in total. The van der Waals surface area contributed by atoms with E-state index in [9.17, 15) is 9.13 Å². The van der Waals surface area contributed by atoms with Gasteiger partial charge in [-0.2, -0.15) is 0 Å². The first-order chi connectivity index (χ1) is 6.04. The van der Waals surface area contributed by atoms with Gasteiger partial charge in [0.1, 0.15) is 5.90 Å². The number of hydrogen-bond donors (Lipinski definition) is 0. The van der Waals surface area contributed by atoms with Crippen LogP contribution in [0.4, 0.5) is 0 Å². The summed E-state index contributed by atoms with van der Waals surface area (Å²) in [5, 5.41) is 0. The highest BCUT2D eigenvalue weighted by molar-refractivity contribution is 7.76. The van der Waals surface area contributed by atoms with E-state index in [4.69, 9.17) is 9.05 Å². The topological polar surface area (TPSA) is 52.6 Å². The quantitative estimate of drug-likeness (QED) is 0.679. The van der Waals surface area contributed by atoms with Crippen LogP contribution in [0.5, 0.6) is 0 Å². The number of rotatable bonds is 2. The zero-order valence-corrected chi connectivity index (χ0v) is 9.85. The van der Waals surface area contributed by atoms with Crippen LogP contribution in [-0.2, 0) is 18.2 Å². The lowest BCUT2D eigenvalue weighted by molar-refractivity contribution is 0.384. The molecule has 0 aromatic heterocycles. The molecule has 0 radical (unpaired) electrons. The molecular formula is C7H16O4P2. The Morgan fingerprint density at radius 1 is 0.923 bits per heavy atom. The third kappa shape index (κ3) is 2.92. The summed E-state index contributed by atoms with van der Waals surface area (Å²) in [5.74, 6) is 0.118. The highest BCUT2D eigenvalue weighted by Crippen LogP contribution is 2.64. The van der Waals surface area contributed by atoms with Crippen molar-refractivity contribution < 1.29 is 18.2 Å². The van der Waals surface area contributed by atoms with Gasteiger partial charge in [-0.15, -0.1) is 0 Å². The lowest BCUT2D eigenvalue weighted by Gasteiger charge is -2.18. The Hall–Kier alpha value is 0.380. The van der Waals surface area contributed by atoms with E-state index in [1.54, 1.807) is 0 Å². The number of hydrogen-bond acceptors (Lipinski definition) is 4. The summed E-state index contributed by atoms with van der Waals surface area (Å²) in [6.45, 7) is 0. The second-order valence-electron chi connectivity index (χ2n) is 3.29. The van der Waals surface area contributed by atoms with Crippen molar-refractivity contribution in [1.29, 1.82) is 0 Å². The monoisotopic (exact) mass is 226 g/mol. The Kier molecular flexibility index (Phi) is 3.76. The van der Waals surface area contributed by atoms with Gasteiger partial charge in [-0.3, -0.25) is 9.13 Å². The van der Waals surface area contributed by atoms with Gasteiger partial charge in [0.15, 0.2) is 0 Å². The third-order valence-electron chi connectivity index (χ3n) is 2.34. The first kappa shape index (κ1) is 11.5. The van der Waals surface area contributed by atoms with Crippen molar-refractivity contribution in [3.05, 3.63) is 0 Å². The van der Waals surface area contributed by atoms with Gasteiger partial charge in [-0.1, -0.05) is 0 Å². The minimum absolute atomic E-state index is 0.118. The molecule has 1 heterocycles. The second kappa shape index (κ2) is 4.27. The molecule has 0 amide bonds. The summed E-state index contributed by atoms with van der Waals surface area (Å²) in [5.41, 5.74) is 0. The Labute approximate surface area is 78.9 Å². The van der Waals surface area contributed by atoms with Crippen LogP contribution in [0.1, 0.15) is 12.8 Å². The molecule has 4 nitrogen and oxygen atoms in total. The summed E-state index contributed by atoms with van der Waals surface area (Å²) in [7, 11) is -2.48. The molecule has 0 aliphatic carbocycles. The van der Waals surface area contributed by atoms with Gasteiger partial charge in [0, 0.05) is 26.5 Å². The molecule has 13 heavy (non-hydrogen) atoms. The summed E-state index contributed by atoms with van der Waals surface area (Å²) in [6.07, 6.45) is 2.71. The van der Waals surface area contributed by atoms with E-state index in [2.05, 4.69) is 0 Å². The normalized spacial score (nSPS) is 41.4. The summed E-state index contributed by atoms with van der Waals surface area (Å²) < 4.78 is 33.8. The van der Waals surface area contributed by atoms with E-state index in [0.717, 1.165) is 12.8 Å². The molecular weight excluding hydrogens is 210 g/mol. The zero-order valence-electron chi connectivity index (χ0n) is 8.06. The van der Waals surface area contributed by atoms with Gasteiger partial charge in [-0.25, -0.2) is 0 Å². The third-order valence-corrected chi connectivity index (χ3v) is 9.12. The molecule has 1 aliphatic rings. The van der Waals surface area contributed by atoms with Crippen molar-refractivity contribution in [2.24, 2.45) is 0 Å². The molecule has 0 aromatic rings. The van der Waals surface area contributed by atoms with E-state index in [-0.39, 0.29) is 5.90 Å². The molecule has 0 spiro atoms. The van der Waals surface area contributed by atoms with Gasteiger partial charge in [0.2, 0.25) is 14.7 Å². The van der Waals surface area contributed by atoms with Gasteiger partial charge in [0.05, 0.1) is 0 Å². The van der Waals surface area contributed by atoms with Crippen LogP contribution >= 0.6 is 14.7 Å². The predicted molar refractivity (Wildman–Crippen MR) is 53.1 cm³/mol. The molecule has 1 rings (SSSR count). The van der Waals surface area contributed by atoms with Crippen LogP contribution in [0.3, 0.4) is 0 Å². The Balaban J connectivity index is 2.83. The molecule has 2 unspecified atom stereocenters. The summed E-state index contributed by atoms with van der Waals surface area (Å²) >= 11 is 0. The van der Waals surface area contributed by atoms with Crippen molar-refractivity contribution >= 4 is 14.7 Å². The highest BCUT2D eigenvalue weighted by atomic mass is 31.2. The van der Waals surface area contributed by atoms with Crippen molar-refractivity contribution in [2.45, 2.75) is 12.8 Å². The lowest BCUT2D eigenvalue weighted by atomic mass is 10.4. The van der Waals surface area contributed by atoms with Gasteiger partial charge >= 0.3 is 0 Å². The molecule has 0 bridgehead atoms. The Bertz CT molecular complexity index is 237. The van der Waals surface area contributed by atoms with Crippen LogP contribution in [0.15, 0.2) is 0 Å². The SMILES string of the molecule is COP1(=O)CCCCP(=O)(OC)C1. The van der Waals surface area contributed by atoms with Crippen LogP contribution < -0.4 is 0 Å². The van der Waals surface area contributed by atoms with Crippen molar-refractivity contribution in [2.75, 3.05) is 32.4 Å². The highest BCUT2D eigenvalue weighted by Gasteiger charge is 2.36. The lowest BCUT2D eigenvalue weighted by Crippen LogP contribution is -1.97. The minimum atomic E-state index is -2.66. The largest absolute Gasteiger partial charge is 0.331 e. The first-order valence-electron chi connectivity index (χ1n) is 4.31. The van der Waals surface area contributed by atoms with Gasteiger partial charge in [-0.05, 0) is 12.8 Å². The molecule has 6 heteroatoms. The fourth-order valence-electron chi connectivity index (χ4n) is 1.47. The van der Waals surface area contributed by atoms with Crippen LogP contribution in [0, 0.1) is 0 Å². The van der Waals surface area contributed by atoms with E-state index in [1.807, 2.05) is 0 Å². The van der Waals surface area contributed by atoms with Crippen LogP contribution in [-0.4, -0.2) is 32.4 Å². The molecule has 0 saturated carbocycles. The fourth-order valence-corrected chi connectivity index (χ4v) is 7.93. The van der Waals surface area contributed by atoms with Crippen LogP contribution in [0.25, 0.3) is 0 Å². The maximum Gasteiger partial charge on any atom is 0.212 e. The summed E-state index contributed by atoms with van der Waals surface area (Å²) in [4.78, 5) is 0. The molecule has 1 fully saturated rings. The average Bonchev–Trinajstić information content (AvgIpc) is 2.27. The molecule has 0 aromatic carbocycles. The molecule has 2 atom stereocenters. The first-order valence-corrected chi connectivity index (χ1v) is 8.30.